The van der Waals surface area contributed by atoms with Crippen molar-refractivity contribution in [2.75, 3.05) is 0 Å². The summed E-state index contributed by atoms with van der Waals surface area (Å²) in [5.41, 5.74) is 1.19. The minimum atomic E-state index is -3.65. The van der Waals surface area contributed by atoms with Crippen LogP contribution in [0, 0.1) is 0 Å². The van der Waals surface area contributed by atoms with Crippen molar-refractivity contribution in [2.24, 2.45) is 0 Å². The predicted octanol–water partition coefficient (Wildman–Crippen LogP) is 3.13. The second-order valence-electron chi connectivity index (χ2n) is 7.18. The van der Waals surface area contributed by atoms with Crippen molar-refractivity contribution in [2.45, 2.75) is 56.6 Å². The van der Waals surface area contributed by atoms with Gasteiger partial charge in [-0.3, -0.25) is 9.78 Å². The summed E-state index contributed by atoms with van der Waals surface area (Å²) in [5.74, 6) is -0.169. The Morgan fingerprint density at radius 2 is 1.89 bits per heavy atom. The summed E-state index contributed by atoms with van der Waals surface area (Å²) in [6, 6.07) is 11.6. The highest BCUT2D eigenvalue weighted by molar-refractivity contribution is 7.89. The van der Waals surface area contributed by atoms with Gasteiger partial charge in [-0.15, -0.1) is 0 Å². The molecule has 1 atom stereocenters. The third-order valence-electron chi connectivity index (χ3n) is 4.49. The summed E-state index contributed by atoms with van der Waals surface area (Å²) < 4.78 is 27.4. The van der Waals surface area contributed by atoms with Gasteiger partial charge >= 0.3 is 0 Å². The number of rotatable bonds is 7. The Bertz CT molecular complexity index is 909. The predicted molar refractivity (Wildman–Crippen MR) is 104 cm³/mol. The van der Waals surface area contributed by atoms with Gasteiger partial charge < -0.3 is 4.90 Å². The largest absolute Gasteiger partial charge is 0.327 e. The molecule has 1 aliphatic rings. The first-order valence-electron chi connectivity index (χ1n) is 9.15. The van der Waals surface area contributed by atoms with E-state index >= 15 is 0 Å². The molecule has 0 saturated heterocycles. The standard InChI is InChI=1S/C20H25N3O3S/c1-14(2)22-27(25,26)18-8-6-7-16(13-18)20(24)23(17-10-11-17)15(3)19-9-4-5-12-21-19/h4-9,12-15,17,22H,10-11H2,1-3H3. The lowest BCUT2D eigenvalue weighted by Crippen LogP contribution is -2.36. The zero-order valence-corrected chi connectivity index (χ0v) is 16.6. The summed E-state index contributed by atoms with van der Waals surface area (Å²) in [4.78, 5) is 19.5. The number of nitrogens with zero attached hydrogens (tertiary/aromatic N) is 2. The number of aromatic nitrogens is 1. The fourth-order valence-electron chi connectivity index (χ4n) is 3.10. The Morgan fingerprint density at radius 3 is 2.48 bits per heavy atom. The summed E-state index contributed by atoms with van der Waals surface area (Å²) >= 11 is 0. The Kier molecular flexibility index (Phi) is 5.62. The third-order valence-corrected chi connectivity index (χ3v) is 6.15. The number of nitrogens with one attached hydrogen (secondary N) is 1. The third kappa shape index (κ3) is 4.54. The van der Waals surface area contributed by atoms with Crippen LogP contribution in [0.15, 0.2) is 53.6 Å². The molecule has 1 unspecified atom stereocenters. The van der Waals surface area contributed by atoms with Gasteiger partial charge in [-0.2, -0.15) is 0 Å². The molecule has 3 rings (SSSR count). The molecule has 0 aliphatic heterocycles. The summed E-state index contributed by atoms with van der Waals surface area (Å²) in [6.45, 7) is 5.48. The van der Waals surface area contributed by atoms with E-state index in [2.05, 4.69) is 9.71 Å². The zero-order valence-electron chi connectivity index (χ0n) is 15.8. The zero-order chi connectivity index (χ0) is 19.6. The topological polar surface area (TPSA) is 79.4 Å². The number of hydrogen-bond acceptors (Lipinski definition) is 4. The van der Waals surface area contributed by atoms with Crippen molar-refractivity contribution in [3.8, 4) is 0 Å². The maximum atomic E-state index is 13.2. The number of hydrogen-bond donors (Lipinski definition) is 1. The Labute approximate surface area is 160 Å². The van der Waals surface area contributed by atoms with E-state index in [0.29, 0.717) is 5.56 Å². The van der Waals surface area contributed by atoms with Gasteiger partial charge in [0, 0.05) is 23.8 Å². The molecule has 0 spiro atoms. The van der Waals surface area contributed by atoms with Crippen molar-refractivity contribution in [1.29, 1.82) is 0 Å². The van der Waals surface area contributed by atoms with Crippen LogP contribution in [0.25, 0.3) is 0 Å². The van der Waals surface area contributed by atoms with Crippen LogP contribution in [0.5, 0.6) is 0 Å². The second kappa shape index (κ2) is 7.78. The van der Waals surface area contributed by atoms with E-state index in [9.17, 15) is 13.2 Å². The van der Waals surface area contributed by atoms with Crippen LogP contribution in [0.4, 0.5) is 0 Å². The van der Waals surface area contributed by atoms with Gasteiger partial charge in [0.05, 0.1) is 16.6 Å². The smallest absolute Gasteiger partial charge is 0.254 e. The maximum absolute atomic E-state index is 13.2. The van der Waals surface area contributed by atoms with Crippen LogP contribution in [-0.2, 0) is 10.0 Å². The van der Waals surface area contributed by atoms with Crippen LogP contribution >= 0.6 is 0 Å². The Morgan fingerprint density at radius 1 is 1.15 bits per heavy atom. The van der Waals surface area contributed by atoms with Gasteiger partial charge in [-0.1, -0.05) is 12.1 Å². The van der Waals surface area contributed by atoms with Crippen LogP contribution in [0.1, 0.15) is 55.7 Å². The molecule has 0 radical (unpaired) electrons. The fraction of sp³-hybridized carbons (Fsp3) is 0.400. The summed E-state index contributed by atoms with van der Waals surface area (Å²) in [6.07, 6.45) is 3.62. The van der Waals surface area contributed by atoms with Gasteiger partial charge in [0.15, 0.2) is 0 Å². The van der Waals surface area contributed by atoms with E-state index in [4.69, 9.17) is 0 Å². The molecule has 1 N–H and O–H groups in total. The molecule has 1 aromatic carbocycles. The quantitative estimate of drug-likeness (QED) is 0.792. The van der Waals surface area contributed by atoms with Crippen molar-refractivity contribution >= 4 is 15.9 Å². The molecule has 1 amide bonds. The monoisotopic (exact) mass is 387 g/mol. The SMILES string of the molecule is CC(C)NS(=O)(=O)c1cccc(C(=O)N(C2CC2)C(C)c2ccccn2)c1. The first-order valence-corrected chi connectivity index (χ1v) is 10.6. The Balaban J connectivity index is 1.91. The molecule has 1 saturated carbocycles. The molecule has 144 valence electrons. The van der Waals surface area contributed by atoms with Crippen molar-refractivity contribution < 1.29 is 13.2 Å². The second-order valence-corrected chi connectivity index (χ2v) is 8.89. The van der Waals surface area contributed by atoms with Gasteiger partial charge in [0.1, 0.15) is 0 Å². The molecule has 6 nitrogen and oxygen atoms in total. The van der Waals surface area contributed by atoms with Crippen LogP contribution in [-0.4, -0.2) is 36.3 Å². The number of pyridine rings is 1. The number of amides is 1. The van der Waals surface area contributed by atoms with E-state index < -0.39 is 10.0 Å². The van der Waals surface area contributed by atoms with E-state index in [0.717, 1.165) is 18.5 Å². The van der Waals surface area contributed by atoms with E-state index in [-0.39, 0.29) is 28.9 Å². The Hall–Kier alpha value is -2.25. The highest BCUT2D eigenvalue weighted by Gasteiger charge is 2.37. The van der Waals surface area contributed by atoms with Gasteiger partial charge in [-0.05, 0) is 63.9 Å². The number of benzene rings is 1. The normalized spacial score (nSPS) is 15.6. The molecule has 27 heavy (non-hydrogen) atoms. The molecule has 7 heteroatoms. The van der Waals surface area contributed by atoms with Crippen molar-refractivity contribution in [1.82, 2.24) is 14.6 Å². The summed E-state index contributed by atoms with van der Waals surface area (Å²) in [5, 5.41) is 0. The van der Waals surface area contributed by atoms with E-state index in [1.54, 1.807) is 32.2 Å². The maximum Gasteiger partial charge on any atom is 0.254 e. The first-order chi connectivity index (χ1) is 12.8. The number of carbonyl (C=O) groups is 1. The molecule has 1 aromatic heterocycles. The van der Waals surface area contributed by atoms with E-state index in [1.165, 1.54) is 12.1 Å². The summed E-state index contributed by atoms with van der Waals surface area (Å²) in [7, 11) is -3.65. The van der Waals surface area contributed by atoms with Crippen molar-refractivity contribution in [3.05, 3.63) is 59.9 Å². The van der Waals surface area contributed by atoms with E-state index in [1.807, 2.05) is 30.0 Å². The molecule has 0 bridgehead atoms. The van der Waals surface area contributed by atoms with Crippen LogP contribution in [0.3, 0.4) is 0 Å². The molecule has 1 heterocycles. The molecular weight excluding hydrogens is 362 g/mol. The minimum absolute atomic E-state index is 0.100. The lowest BCUT2D eigenvalue weighted by Gasteiger charge is -2.29. The van der Waals surface area contributed by atoms with Crippen LogP contribution in [0.2, 0.25) is 0 Å². The first kappa shape index (κ1) is 19.5. The fourth-order valence-corrected chi connectivity index (χ4v) is 4.40. The lowest BCUT2D eigenvalue weighted by atomic mass is 10.1. The molecule has 1 aliphatic carbocycles. The average Bonchev–Trinajstić information content (AvgIpc) is 3.46. The average molecular weight is 388 g/mol. The van der Waals surface area contributed by atoms with Crippen LogP contribution < -0.4 is 4.72 Å². The van der Waals surface area contributed by atoms with Crippen molar-refractivity contribution in [3.63, 3.8) is 0 Å². The molecule has 1 fully saturated rings. The molecule has 2 aromatic rings. The number of sulfonamides is 1. The number of carbonyl (C=O) groups excluding carboxylic acids is 1. The highest BCUT2D eigenvalue weighted by atomic mass is 32.2. The lowest BCUT2D eigenvalue weighted by molar-refractivity contribution is 0.0670. The van der Waals surface area contributed by atoms with Gasteiger partial charge in [0.25, 0.3) is 5.91 Å². The highest BCUT2D eigenvalue weighted by Crippen LogP contribution is 2.35. The minimum Gasteiger partial charge on any atom is -0.327 e. The van der Waals surface area contributed by atoms with Gasteiger partial charge in [0.2, 0.25) is 10.0 Å². The van der Waals surface area contributed by atoms with Gasteiger partial charge in [-0.25, -0.2) is 13.1 Å². The molecular formula is C20H25N3O3S.